The van der Waals surface area contributed by atoms with Crippen molar-refractivity contribution in [2.75, 3.05) is 13.1 Å². The second-order valence-electron chi connectivity index (χ2n) is 4.43. The van der Waals surface area contributed by atoms with E-state index in [0.717, 1.165) is 25.7 Å². The first-order valence-electron chi connectivity index (χ1n) is 5.94. The summed E-state index contributed by atoms with van der Waals surface area (Å²) in [5, 5.41) is 7.01. The zero-order valence-corrected chi connectivity index (χ0v) is 12.1. The van der Waals surface area contributed by atoms with Crippen molar-refractivity contribution in [1.29, 1.82) is 0 Å². The number of hydrogen-bond acceptors (Lipinski definition) is 3. The zero-order valence-electron chi connectivity index (χ0n) is 9.68. The molecule has 90 valence electrons. The summed E-state index contributed by atoms with van der Waals surface area (Å²) in [6, 6.07) is 3.10. The van der Waals surface area contributed by atoms with Crippen molar-refractivity contribution < 1.29 is 0 Å². The van der Waals surface area contributed by atoms with Crippen LogP contribution in [-0.2, 0) is 6.54 Å². The van der Waals surface area contributed by atoms with Gasteiger partial charge in [-0.25, -0.2) is 0 Å². The summed E-state index contributed by atoms with van der Waals surface area (Å²) in [6.45, 7) is 5.41. The van der Waals surface area contributed by atoms with E-state index in [1.807, 2.05) is 11.3 Å². The monoisotopic (exact) mass is 302 g/mol. The molecule has 0 saturated heterocycles. The van der Waals surface area contributed by atoms with Crippen LogP contribution in [0.3, 0.4) is 0 Å². The lowest BCUT2D eigenvalue weighted by atomic mass is 10.3. The van der Waals surface area contributed by atoms with Gasteiger partial charge in [-0.05, 0) is 66.8 Å². The molecular formula is C12H19BrN2S. The van der Waals surface area contributed by atoms with Gasteiger partial charge in [0.15, 0.2) is 0 Å². The van der Waals surface area contributed by atoms with Crippen molar-refractivity contribution in [3.8, 4) is 0 Å². The highest BCUT2D eigenvalue weighted by Crippen LogP contribution is 2.27. The third-order valence-electron chi connectivity index (χ3n) is 2.75. The highest BCUT2D eigenvalue weighted by Gasteiger charge is 2.19. The van der Waals surface area contributed by atoms with E-state index in [1.165, 1.54) is 33.5 Å². The Labute approximate surface area is 110 Å². The second-order valence-corrected chi connectivity index (χ2v) is 6.88. The first-order valence-corrected chi connectivity index (χ1v) is 7.55. The Morgan fingerprint density at radius 1 is 1.44 bits per heavy atom. The van der Waals surface area contributed by atoms with E-state index in [2.05, 4.69) is 39.6 Å². The van der Waals surface area contributed by atoms with Crippen LogP contribution in [0.5, 0.6) is 0 Å². The summed E-state index contributed by atoms with van der Waals surface area (Å²) in [5.41, 5.74) is 1.34. The zero-order chi connectivity index (χ0) is 11.4. The predicted octanol–water partition coefficient (Wildman–Crippen LogP) is 3.05. The SMILES string of the molecule is Cc1cc(CNCCCNC2CC2)sc1Br. The summed E-state index contributed by atoms with van der Waals surface area (Å²) in [7, 11) is 0. The molecule has 4 heteroatoms. The molecule has 0 spiro atoms. The molecule has 0 bridgehead atoms. The molecule has 16 heavy (non-hydrogen) atoms. The van der Waals surface area contributed by atoms with Gasteiger partial charge in [0.1, 0.15) is 0 Å². The standard InChI is InChI=1S/C12H19BrN2S/c1-9-7-11(16-12(9)13)8-14-5-2-6-15-10-3-4-10/h7,10,14-15H,2-6,8H2,1H3. The first-order chi connectivity index (χ1) is 7.75. The summed E-state index contributed by atoms with van der Waals surface area (Å²) in [4.78, 5) is 1.42. The Balaban J connectivity index is 1.53. The van der Waals surface area contributed by atoms with E-state index in [4.69, 9.17) is 0 Å². The van der Waals surface area contributed by atoms with E-state index >= 15 is 0 Å². The second kappa shape index (κ2) is 6.15. The Morgan fingerprint density at radius 2 is 2.25 bits per heavy atom. The summed E-state index contributed by atoms with van der Waals surface area (Å²) < 4.78 is 1.26. The fourth-order valence-corrected chi connectivity index (χ4v) is 3.23. The summed E-state index contributed by atoms with van der Waals surface area (Å²) in [5.74, 6) is 0. The fourth-order valence-electron chi connectivity index (χ4n) is 1.63. The van der Waals surface area contributed by atoms with E-state index in [9.17, 15) is 0 Å². The normalized spacial score (nSPS) is 15.6. The van der Waals surface area contributed by atoms with Crippen LogP contribution in [0.25, 0.3) is 0 Å². The molecule has 0 aromatic carbocycles. The minimum atomic E-state index is 0.843. The number of thiophene rings is 1. The van der Waals surface area contributed by atoms with Crippen LogP contribution < -0.4 is 10.6 Å². The van der Waals surface area contributed by atoms with Gasteiger partial charge in [0.25, 0.3) is 0 Å². The molecule has 2 N–H and O–H groups in total. The Morgan fingerprint density at radius 3 is 2.88 bits per heavy atom. The highest BCUT2D eigenvalue weighted by molar-refractivity contribution is 9.11. The minimum Gasteiger partial charge on any atom is -0.314 e. The Kier molecular flexibility index (Phi) is 4.82. The largest absolute Gasteiger partial charge is 0.314 e. The van der Waals surface area contributed by atoms with Crippen molar-refractivity contribution >= 4 is 27.3 Å². The van der Waals surface area contributed by atoms with Crippen molar-refractivity contribution in [3.05, 3.63) is 20.3 Å². The average molecular weight is 303 g/mol. The smallest absolute Gasteiger partial charge is 0.0730 e. The Bertz CT molecular complexity index is 314. The fraction of sp³-hybridized carbons (Fsp3) is 0.667. The molecule has 0 amide bonds. The van der Waals surface area contributed by atoms with Crippen LogP contribution in [0.2, 0.25) is 0 Å². The minimum absolute atomic E-state index is 0.843. The van der Waals surface area contributed by atoms with Gasteiger partial charge in [-0.3, -0.25) is 0 Å². The maximum atomic E-state index is 3.55. The topological polar surface area (TPSA) is 24.1 Å². The average Bonchev–Trinajstić information content (AvgIpc) is 3.01. The molecule has 0 unspecified atom stereocenters. The summed E-state index contributed by atoms with van der Waals surface area (Å²) in [6.07, 6.45) is 3.99. The number of halogens is 1. The molecule has 1 aromatic rings. The molecule has 1 aliphatic rings. The lowest BCUT2D eigenvalue weighted by Crippen LogP contribution is -2.22. The molecular weight excluding hydrogens is 284 g/mol. The Hall–Kier alpha value is 0.100. The highest BCUT2D eigenvalue weighted by atomic mass is 79.9. The molecule has 2 rings (SSSR count). The van der Waals surface area contributed by atoms with Crippen LogP contribution in [0.15, 0.2) is 9.85 Å². The first kappa shape index (κ1) is 12.6. The van der Waals surface area contributed by atoms with Gasteiger partial charge in [-0.2, -0.15) is 0 Å². The van der Waals surface area contributed by atoms with Crippen LogP contribution in [0.1, 0.15) is 29.7 Å². The molecule has 1 heterocycles. The molecule has 1 fully saturated rings. The third kappa shape index (κ3) is 4.17. The number of aryl methyl sites for hydroxylation is 1. The predicted molar refractivity (Wildman–Crippen MR) is 74.1 cm³/mol. The van der Waals surface area contributed by atoms with Crippen LogP contribution in [0.4, 0.5) is 0 Å². The van der Waals surface area contributed by atoms with Crippen molar-refractivity contribution in [1.82, 2.24) is 10.6 Å². The molecule has 1 aliphatic carbocycles. The number of rotatable bonds is 7. The van der Waals surface area contributed by atoms with Crippen molar-refractivity contribution in [3.63, 3.8) is 0 Å². The summed E-state index contributed by atoms with van der Waals surface area (Å²) >= 11 is 5.39. The van der Waals surface area contributed by atoms with Crippen molar-refractivity contribution in [2.24, 2.45) is 0 Å². The van der Waals surface area contributed by atoms with Gasteiger partial charge in [0.05, 0.1) is 3.79 Å². The quantitative estimate of drug-likeness (QED) is 0.757. The lowest BCUT2D eigenvalue weighted by molar-refractivity contribution is 0.595. The van der Waals surface area contributed by atoms with Gasteiger partial charge in [-0.15, -0.1) is 11.3 Å². The molecule has 1 saturated carbocycles. The van der Waals surface area contributed by atoms with Gasteiger partial charge >= 0.3 is 0 Å². The maximum Gasteiger partial charge on any atom is 0.0730 e. The van der Waals surface area contributed by atoms with Gasteiger partial charge in [-0.1, -0.05) is 0 Å². The van der Waals surface area contributed by atoms with Gasteiger partial charge in [0, 0.05) is 17.5 Å². The lowest BCUT2D eigenvalue weighted by Gasteiger charge is -2.04. The number of nitrogens with one attached hydrogen (secondary N) is 2. The maximum absolute atomic E-state index is 3.55. The van der Waals surface area contributed by atoms with E-state index < -0.39 is 0 Å². The third-order valence-corrected chi connectivity index (χ3v) is 4.88. The van der Waals surface area contributed by atoms with Crippen LogP contribution in [-0.4, -0.2) is 19.1 Å². The van der Waals surface area contributed by atoms with Crippen LogP contribution >= 0.6 is 27.3 Å². The molecule has 1 aromatic heterocycles. The van der Waals surface area contributed by atoms with E-state index in [0.29, 0.717) is 0 Å². The molecule has 0 radical (unpaired) electrons. The van der Waals surface area contributed by atoms with E-state index in [1.54, 1.807) is 0 Å². The van der Waals surface area contributed by atoms with Crippen molar-refractivity contribution in [2.45, 2.75) is 38.8 Å². The van der Waals surface area contributed by atoms with Crippen LogP contribution in [0, 0.1) is 6.92 Å². The van der Waals surface area contributed by atoms with Gasteiger partial charge in [0.2, 0.25) is 0 Å². The molecule has 2 nitrogen and oxygen atoms in total. The van der Waals surface area contributed by atoms with Gasteiger partial charge < -0.3 is 10.6 Å². The molecule has 0 aliphatic heterocycles. The molecule has 0 atom stereocenters. The van der Waals surface area contributed by atoms with E-state index in [-0.39, 0.29) is 0 Å². The number of hydrogen-bond donors (Lipinski definition) is 2.